The molecule has 0 aromatic rings. The zero-order valence-corrected chi connectivity index (χ0v) is 14.3. The highest BCUT2D eigenvalue weighted by molar-refractivity contribution is 6.05. The van der Waals surface area contributed by atoms with Gasteiger partial charge in [0.2, 0.25) is 11.8 Å². The average Bonchev–Trinajstić information content (AvgIpc) is 2.64. The number of carbonyl (C=O) groups is 3. The van der Waals surface area contributed by atoms with Gasteiger partial charge in [0, 0.05) is 19.1 Å². The van der Waals surface area contributed by atoms with Crippen LogP contribution >= 0.6 is 0 Å². The number of ether oxygens (including phenoxy) is 1. The lowest BCUT2D eigenvalue weighted by Crippen LogP contribution is -2.49. The number of nitrogens with zero attached hydrogens (tertiary/aromatic N) is 1. The van der Waals surface area contributed by atoms with E-state index in [1.807, 2.05) is 20.8 Å². The minimum Gasteiger partial charge on any atom is -0.444 e. The number of imide groups is 1. The van der Waals surface area contributed by atoms with Crippen molar-refractivity contribution in [3.05, 3.63) is 0 Å². The summed E-state index contributed by atoms with van der Waals surface area (Å²) in [5, 5.41) is 6.17. The zero-order valence-electron chi connectivity index (χ0n) is 14.3. The Kier molecular flexibility index (Phi) is 5.29. The third-order valence-corrected chi connectivity index (χ3v) is 4.21. The molecular weight excluding hydrogens is 298 g/mol. The van der Waals surface area contributed by atoms with Gasteiger partial charge in [-0.2, -0.15) is 0 Å². The van der Waals surface area contributed by atoms with E-state index >= 15 is 0 Å². The van der Waals surface area contributed by atoms with Crippen molar-refractivity contribution in [1.82, 2.24) is 15.5 Å². The number of hydrogen-bond donors (Lipinski definition) is 2. The van der Waals surface area contributed by atoms with E-state index in [0.29, 0.717) is 0 Å². The van der Waals surface area contributed by atoms with Gasteiger partial charge in [-0.15, -0.1) is 0 Å². The van der Waals surface area contributed by atoms with Gasteiger partial charge in [-0.3, -0.25) is 14.5 Å². The molecule has 2 rings (SSSR count). The highest BCUT2D eigenvalue weighted by Gasteiger charge is 2.38. The van der Waals surface area contributed by atoms with Gasteiger partial charge in [0.05, 0.1) is 12.5 Å². The van der Waals surface area contributed by atoms with Gasteiger partial charge >= 0.3 is 6.09 Å². The lowest BCUT2D eigenvalue weighted by Gasteiger charge is -2.32. The molecule has 1 heterocycles. The first-order valence-corrected chi connectivity index (χ1v) is 8.21. The molecule has 0 aromatic carbocycles. The maximum absolute atomic E-state index is 12.0. The largest absolute Gasteiger partial charge is 0.444 e. The highest BCUT2D eigenvalue weighted by Crippen LogP contribution is 2.21. The van der Waals surface area contributed by atoms with Crippen molar-refractivity contribution in [3.63, 3.8) is 0 Å². The predicted molar refractivity (Wildman–Crippen MR) is 84.7 cm³/mol. The highest BCUT2D eigenvalue weighted by atomic mass is 16.6. The Morgan fingerprint density at radius 1 is 1.22 bits per heavy atom. The molecule has 2 aliphatic rings. The molecule has 1 saturated heterocycles. The summed E-state index contributed by atoms with van der Waals surface area (Å²) in [4.78, 5) is 36.6. The summed E-state index contributed by atoms with van der Waals surface area (Å²) in [6, 6.07) is -0.282. The van der Waals surface area contributed by atoms with Crippen LogP contribution in [0.15, 0.2) is 0 Å². The molecule has 7 nitrogen and oxygen atoms in total. The van der Waals surface area contributed by atoms with E-state index in [9.17, 15) is 14.4 Å². The number of likely N-dealkylation sites (tertiary alicyclic amines) is 1. The average molecular weight is 325 g/mol. The summed E-state index contributed by atoms with van der Waals surface area (Å²) < 4.78 is 5.28. The first-order chi connectivity index (χ1) is 10.7. The van der Waals surface area contributed by atoms with Crippen LogP contribution in [0.3, 0.4) is 0 Å². The second kappa shape index (κ2) is 6.86. The van der Waals surface area contributed by atoms with Gasteiger partial charge in [-0.1, -0.05) is 0 Å². The summed E-state index contributed by atoms with van der Waals surface area (Å²) in [7, 11) is 1.51. The Hall–Kier alpha value is -1.63. The molecule has 1 saturated carbocycles. The molecule has 1 aliphatic heterocycles. The van der Waals surface area contributed by atoms with E-state index in [2.05, 4.69) is 10.6 Å². The molecule has 2 N–H and O–H groups in total. The Morgan fingerprint density at radius 2 is 1.87 bits per heavy atom. The number of amides is 3. The quantitative estimate of drug-likeness (QED) is 0.761. The van der Waals surface area contributed by atoms with Crippen LogP contribution in [-0.2, 0) is 14.3 Å². The van der Waals surface area contributed by atoms with Crippen LogP contribution in [0.25, 0.3) is 0 Å². The van der Waals surface area contributed by atoms with Gasteiger partial charge in [-0.25, -0.2) is 4.79 Å². The van der Waals surface area contributed by atoms with Crippen LogP contribution in [0.1, 0.15) is 52.9 Å². The maximum atomic E-state index is 12.0. The van der Waals surface area contributed by atoms with Gasteiger partial charge in [0.15, 0.2) is 0 Å². The molecule has 3 amide bonds. The van der Waals surface area contributed by atoms with Crippen molar-refractivity contribution in [1.29, 1.82) is 0 Å². The standard InChI is InChI=1S/C16H27N3O4/c1-16(2,3)23-15(22)18-11-7-5-6-10(8-11)17-12-9-13(20)19(4)14(12)21/h10-12,17H,5-9H2,1-4H3,(H,18,22). The number of alkyl carbamates (subject to hydrolysis) is 1. The summed E-state index contributed by atoms with van der Waals surface area (Å²) in [5.74, 6) is -0.316. The lowest BCUT2D eigenvalue weighted by atomic mass is 9.90. The summed E-state index contributed by atoms with van der Waals surface area (Å²) in [5.41, 5.74) is -0.516. The topological polar surface area (TPSA) is 87.7 Å². The monoisotopic (exact) mass is 325 g/mol. The third-order valence-electron chi connectivity index (χ3n) is 4.21. The van der Waals surface area contributed by atoms with Gasteiger partial charge in [0.1, 0.15) is 5.60 Å². The molecule has 1 aliphatic carbocycles. The number of carbonyl (C=O) groups excluding carboxylic acids is 3. The number of likely N-dealkylation sites (N-methyl/N-ethyl adjacent to an activating group) is 1. The van der Waals surface area contributed by atoms with Gasteiger partial charge < -0.3 is 15.4 Å². The minimum absolute atomic E-state index is 0.0287. The number of rotatable bonds is 3. The van der Waals surface area contributed by atoms with Crippen molar-refractivity contribution in [2.45, 2.75) is 76.6 Å². The van der Waals surface area contributed by atoms with Crippen LogP contribution in [0, 0.1) is 0 Å². The zero-order chi connectivity index (χ0) is 17.2. The Morgan fingerprint density at radius 3 is 2.43 bits per heavy atom. The molecule has 3 unspecified atom stereocenters. The van der Waals surface area contributed by atoms with Crippen LogP contribution in [0.4, 0.5) is 4.79 Å². The summed E-state index contributed by atoms with van der Waals surface area (Å²) in [6.07, 6.45) is 3.35. The van der Waals surface area contributed by atoms with Crippen molar-refractivity contribution in [2.24, 2.45) is 0 Å². The van der Waals surface area contributed by atoms with Crippen molar-refractivity contribution < 1.29 is 19.1 Å². The lowest BCUT2D eigenvalue weighted by molar-refractivity contribution is -0.137. The molecule has 7 heteroatoms. The van der Waals surface area contributed by atoms with Gasteiger partial charge in [-0.05, 0) is 46.5 Å². The van der Waals surface area contributed by atoms with Crippen molar-refractivity contribution in [3.8, 4) is 0 Å². The first kappa shape index (κ1) is 17.7. The number of nitrogens with one attached hydrogen (secondary N) is 2. The molecule has 130 valence electrons. The molecular formula is C16H27N3O4. The Bertz CT molecular complexity index is 486. The van der Waals surface area contributed by atoms with Crippen LogP contribution in [-0.4, -0.2) is 53.6 Å². The normalized spacial score (nSPS) is 28.9. The van der Waals surface area contributed by atoms with E-state index in [4.69, 9.17) is 4.74 Å². The fourth-order valence-corrected chi connectivity index (χ4v) is 3.12. The molecule has 2 fully saturated rings. The molecule has 0 spiro atoms. The van der Waals surface area contributed by atoms with Crippen LogP contribution in [0.5, 0.6) is 0 Å². The third kappa shape index (κ3) is 4.92. The SMILES string of the molecule is CN1C(=O)CC(NC2CCCC(NC(=O)OC(C)(C)C)C2)C1=O. The van der Waals surface area contributed by atoms with E-state index in [1.54, 1.807) is 0 Å². The van der Waals surface area contributed by atoms with Gasteiger partial charge in [0.25, 0.3) is 0 Å². The fourth-order valence-electron chi connectivity index (χ4n) is 3.12. The van der Waals surface area contributed by atoms with Crippen molar-refractivity contribution in [2.75, 3.05) is 7.05 Å². The number of hydrogen-bond acceptors (Lipinski definition) is 5. The maximum Gasteiger partial charge on any atom is 0.407 e. The van der Waals surface area contributed by atoms with Crippen LogP contribution in [0.2, 0.25) is 0 Å². The minimum atomic E-state index is -0.516. The Labute approximate surface area is 137 Å². The summed E-state index contributed by atoms with van der Waals surface area (Å²) >= 11 is 0. The van der Waals surface area contributed by atoms with Crippen LogP contribution < -0.4 is 10.6 Å². The molecule has 0 bridgehead atoms. The first-order valence-electron chi connectivity index (χ1n) is 8.21. The molecule has 0 aromatic heterocycles. The predicted octanol–water partition coefficient (Wildman–Crippen LogP) is 1.17. The molecule has 0 radical (unpaired) electrons. The van der Waals surface area contributed by atoms with E-state index < -0.39 is 17.7 Å². The second-order valence-corrected chi connectivity index (χ2v) is 7.42. The fraction of sp³-hybridized carbons (Fsp3) is 0.812. The Balaban J connectivity index is 1.83. The molecule has 3 atom stereocenters. The summed E-state index contributed by atoms with van der Waals surface area (Å²) in [6.45, 7) is 5.49. The smallest absolute Gasteiger partial charge is 0.407 e. The van der Waals surface area contributed by atoms with E-state index in [-0.39, 0.29) is 30.3 Å². The molecule has 23 heavy (non-hydrogen) atoms. The van der Waals surface area contributed by atoms with Crippen molar-refractivity contribution >= 4 is 17.9 Å². The second-order valence-electron chi connectivity index (χ2n) is 7.42. The van der Waals surface area contributed by atoms with E-state index in [1.165, 1.54) is 11.9 Å². The van der Waals surface area contributed by atoms with E-state index in [0.717, 1.165) is 25.7 Å².